The lowest BCUT2D eigenvalue weighted by atomic mass is 9.69. The molecule has 210 valence electrons. The van der Waals surface area contributed by atoms with Gasteiger partial charge in [0.05, 0.1) is 24.8 Å². The zero-order valence-electron chi connectivity index (χ0n) is 24.9. The molecule has 0 aliphatic rings. The second-order valence-corrected chi connectivity index (χ2v) is 11.5. The number of aromatic nitrogens is 1. The highest BCUT2D eigenvalue weighted by molar-refractivity contribution is 5.73. The van der Waals surface area contributed by atoms with Gasteiger partial charge in [-0.25, -0.2) is 0 Å². The summed E-state index contributed by atoms with van der Waals surface area (Å²) in [7, 11) is 0. The Labute approximate surface area is 234 Å². The molecule has 0 fully saturated rings. The fourth-order valence-corrected chi connectivity index (χ4v) is 5.08. The Morgan fingerprint density at radius 2 is 1.56 bits per heavy atom. The number of nitrogens with zero attached hydrogens (tertiary/aromatic N) is 1. The van der Waals surface area contributed by atoms with Crippen LogP contribution in [0.3, 0.4) is 0 Å². The van der Waals surface area contributed by atoms with E-state index in [1.165, 1.54) is 11.1 Å². The van der Waals surface area contributed by atoms with Crippen LogP contribution in [0.5, 0.6) is 5.75 Å². The third kappa shape index (κ3) is 7.07. The second-order valence-electron chi connectivity index (χ2n) is 11.5. The summed E-state index contributed by atoms with van der Waals surface area (Å²) in [4.78, 5) is 16.4. The zero-order valence-corrected chi connectivity index (χ0v) is 24.9. The van der Waals surface area contributed by atoms with Crippen molar-refractivity contribution in [3.05, 3.63) is 82.5 Å². The first-order chi connectivity index (χ1) is 18.4. The fourth-order valence-electron chi connectivity index (χ4n) is 5.08. The van der Waals surface area contributed by atoms with Gasteiger partial charge in [0.15, 0.2) is 0 Å². The molecule has 0 aliphatic heterocycles. The number of carbonyl (C=O) groups is 1. The van der Waals surface area contributed by atoms with Crippen LogP contribution in [-0.2, 0) is 21.4 Å². The standard InChI is InChI=1S/C34H45NO4/c1-9-34(10-2,27-14-17-30(24(5)19-27)39-22-31(36)33(6,7)8)26-13-15-28(23(4)18-26)29-16-12-25(21-35-29)20-32(37)38-11-3/h12-19,21,31,36H,9-11,20,22H2,1-8H3. The van der Waals surface area contributed by atoms with E-state index in [-0.39, 0.29) is 29.8 Å². The van der Waals surface area contributed by atoms with Gasteiger partial charge < -0.3 is 14.6 Å². The number of esters is 1. The van der Waals surface area contributed by atoms with Crippen molar-refractivity contribution in [3.63, 3.8) is 0 Å². The third-order valence-electron chi connectivity index (χ3n) is 7.86. The predicted molar refractivity (Wildman–Crippen MR) is 158 cm³/mol. The molecule has 0 radical (unpaired) electrons. The van der Waals surface area contributed by atoms with Gasteiger partial charge in [0.1, 0.15) is 12.4 Å². The smallest absolute Gasteiger partial charge is 0.310 e. The van der Waals surface area contributed by atoms with Crippen molar-refractivity contribution >= 4 is 5.97 Å². The largest absolute Gasteiger partial charge is 0.491 e. The molecule has 1 atom stereocenters. The average molecular weight is 532 g/mol. The topological polar surface area (TPSA) is 68.7 Å². The van der Waals surface area contributed by atoms with Crippen molar-refractivity contribution in [1.29, 1.82) is 0 Å². The Morgan fingerprint density at radius 3 is 2.08 bits per heavy atom. The van der Waals surface area contributed by atoms with E-state index in [2.05, 4.69) is 63.0 Å². The Balaban J connectivity index is 1.87. The maximum Gasteiger partial charge on any atom is 0.310 e. The first-order valence-corrected chi connectivity index (χ1v) is 14.1. The summed E-state index contributed by atoms with van der Waals surface area (Å²) in [5, 5.41) is 10.4. The van der Waals surface area contributed by atoms with Crippen molar-refractivity contribution < 1.29 is 19.4 Å². The first kappa shape index (κ1) is 30.4. The van der Waals surface area contributed by atoms with Gasteiger partial charge in [-0.05, 0) is 79.0 Å². The molecule has 39 heavy (non-hydrogen) atoms. The highest BCUT2D eigenvalue weighted by Gasteiger charge is 2.32. The third-order valence-corrected chi connectivity index (χ3v) is 7.86. The van der Waals surface area contributed by atoms with Gasteiger partial charge in [-0.15, -0.1) is 0 Å². The zero-order chi connectivity index (χ0) is 28.8. The molecule has 1 heterocycles. The maximum absolute atomic E-state index is 11.8. The van der Waals surface area contributed by atoms with Crippen LogP contribution in [0.15, 0.2) is 54.7 Å². The van der Waals surface area contributed by atoms with Crippen LogP contribution in [-0.4, -0.2) is 35.4 Å². The predicted octanol–water partition coefficient (Wildman–Crippen LogP) is 7.36. The molecule has 0 amide bonds. The van der Waals surface area contributed by atoms with Crippen molar-refractivity contribution in [3.8, 4) is 17.0 Å². The first-order valence-electron chi connectivity index (χ1n) is 14.1. The van der Waals surface area contributed by atoms with Crippen LogP contribution in [0.1, 0.15) is 82.2 Å². The number of aryl methyl sites for hydroxylation is 2. The summed E-state index contributed by atoms with van der Waals surface area (Å²) < 4.78 is 11.1. The molecule has 1 unspecified atom stereocenters. The number of aliphatic hydroxyl groups excluding tert-OH is 1. The number of hydrogen-bond donors (Lipinski definition) is 1. The van der Waals surface area contributed by atoms with Crippen molar-refractivity contribution in [1.82, 2.24) is 4.98 Å². The molecule has 0 spiro atoms. The highest BCUT2D eigenvalue weighted by Crippen LogP contribution is 2.41. The summed E-state index contributed by atoms with van der Waals surface area (Å²) in [6.07, 6.45) is 3.38. The SMILES string of the molecule is CCOC(=O)Cc1ccc(-c2ccc(C(CC)(CC)c3ccc(OCC(O)C(C)(C)C)c(C)c3)cc2C)nc1. The minimum atomic E-state index is -0.535. The Kier molecular flexibility index (Phi) is 9.95. The van der Waals surface area contributed by atoms with Gasteiger partial charge in [0, 0.05) is 17.2 Å². The van der Waals surface area contributed by atoms with Crippen LogP contribution in [0.4, 0.5) is 0 Å². The van der Waals surface area contributed by atoms with Crippen LogP contribution in [0, 0.1) is 19.3 Å². The second kappa shape index (κ2) is 12.8. The lowest BCUT2D eigenvalue weighted by molar-refractivity contribution is -0.142. The summed E-state index contributed by atoms with van der Waals surface area (Å²) >= 11 is 0. The number of ether oxygens (including phenoxy) is 2. The molecule has 1 N–H and O–H groups in total. The molecule has 2 aromatic carbocycles. The molecule has 0 saturated carbocycles. The molecule has 0 aliphatic carbocycles. The normalized spacial score (nSPS) is 12.7. The van der Waals surface area contributed by atoms with E-state index < -0.39 is 6.10 Å². The molecule has 0 bridgehead atoms. The molecule has 3 rings (SSSR count). The van der Waals surface area contributed by atoms with E-state index >= 15 is 0 Å². The molecule has 3 aromatic rings. The average Bonchev–Trinajstić information content (AvgIpc) is 2.89. The van der Waals surface area contributed by atoms with E-state index in [9.17, 15) is 9.90 Å². The number of carbonyl (C=O) groups excluding carboxylic acids is 1. The van der Waals surface area contributed by atoms with Gasteiger partial charge in [-0.3, -0.25) is 9.78 Å². The lowest BCUT2D eigenvalue weighted by Gasteiger charge is -2.34. The quantitative estimate of drug-likeness (QED) is 0.262. The van der Waals surface area contributed by atoms with E-state index in [0.29, 0.717) is 6.61 Å². The number of aliphatic hydroxyl groups is 1. The van der Waals surface area contributed by atoms with Crippen LogP contribution < -0.4 is 4.74 Å². The van der Waals surface area contributed by atoms with E-state index in [4.69, 9.17) is 9.47 Å². The lowest BCUT2D eigenvalue weighted by Crippen LogP contribution is -2.32. The van der Waals surface area contributed by atoms with E-state index in [0.717, 1.165) is 46.5 Å². The van der Waals surface area contributed by atoms with Gasteiger partial charge in [0.25, 0.3) is 0 Å². The number of benzene rings is 2. The molecular formula is C34H45NO4. The molecule has 5 heteroatoms. The van der Waals surface area contributed by atoms with Crippen LogP contribution in [0.25, 0.3) is 11.3 Å². The summed E-state index contributed by atoms with van der Waals surface area (Å²) in [6.45, 7) is 17.2. The van der Waals surface area contributed by atoms with Gasteiger partial charge in [-0.2, -0.15) is 0 Å². The monoisotopic (exact) mass is 531 g/mol. The van der Waals surface area contributed by atoms with Crippen LogP contribution >= 0.6 is 0 Å². The molecule has 5 nitrogen and oxygen atoms in total. The van der Waals surface area contributed by atoms with Gasteiger partial charge >= 0.3 is 5.97 Å². The highest BCUT2D eigenvalue weighted by atomic mass is 16.5. The number of pyridine rings is 1. The maximum atomic E-state index is 11.8. The minimum absolute atomic E-state index is 0.131. The number of hydrogen-bond acceptors (Lipinski definition) is 5. The Bertz CT molecular complexity index is 1250. The molecule has 1 aromatic heterocycles. The summed E-state index contributed by atoms with van der Waals surface area (Å²) in [5.41, 5.74) is 7.24. The Hall–Kier alpha value is -3.18. The Morgan fingerprint density at radius 1 is 0.923 bits per heavy atom. The summed E-state index contributed by atoms with van der Waals surface area (Å²) in [6, 6.07) is 17.0. The van der Waals surface area contributed by atoms with Crippen LogP contribution in [0.2, 0.25) is 0 Å². The minimum Gasteiger partial charge on any atom is -0.491 e. The number of rotatable bonds is 11. The van der Waals surface area contributed by atoms with Crippen molar-refractivity contribution in [2.45, 2.75) is 86.2 Å². The fraction of sp³-hybridized carbons (Fsp3) is 0.471. The van der Waals surface area contributed by atoms with Crippen molar-refractivity contribution in [2.24, 2.45) is 5.41 Å². The van der Waals surface area contributed by atoms with Gasteiger partial charge in [0.2, 0.25) is 0 Å². The van der Waals surface area contributed by atoms with E-state index in [1.54, 1.807) is 6.20 Å². The van der Waals surface area contributed by atoms with Crippen molar-refractivity contribution in [2.75, 3.05) is 13.2 Å². The van der Waals surface area contributed by atoms with E-state index in [1.807, 2.05) is 45.9 Å². The summed E-state index contributed by atoms with van der Waals surface area (Å²) in [5.74, 6) is 0.576. The molecule has 0 saturated heterocycles. The molecular weight excluding hydrogens is 486 g/mol. The van der Waals surface area contributed by atoms with Gasteiger partial charge in [-0.1, -0.05) is 71.0 Å².